The number of carboxylic acid groups (broad SMARTS) is 1. The van der Waals surface area contributed by atoms with E-state index in [2.05, 4.69) is 17.6 Å². The van der Waals surface area contributed by atoms with Crippen molar-refractivity contribution >= 4 is 24.7 Å². The zero-order valence-corrected chi connectivity index (χ0v) is 5.84. The van der Waals surface area contributed by atoms with Crippen LogP contribution < -0.4 is 0 Å². The van der Waals surface area contributed by atoms with Gasteiger partial charge in [-0.05, 0) is 0 Å². The molecule has 0 radical (unpaired) electrons. The summed E-state index contributed by atoms with van der Waals surface area (Å²) in [4.78, 5) is 22.4. The Hall–Kier alpha value is -0.840. The van der Waals surface area contributed by atoms with Crippen LogP contribution in [0.1, 0.15) is 0 Å². The summed E-state index contributed by atoms with van der Waals surface area (Å²) in [6.45, 7) is 0. The molecule has 0 saturated carbocycles. The van der Waals surface area contributed by atoms with Gasteiger partial charge in [-0.25, -0.2) is 9.59 Å². The van der Waals surface area contributed by atoms with Gasteiger partial charge in [0.25, 0.3) is 0 Å². The Morgan fingerprint density at radius 2 is 2.30 bits per heavy atom. The first-order valence-corrected chi connectivity index (χ1v) is 2.76. The molecule has 3 N–H and O–H groups in total. The summed E-state index contributed by atoms with van der Waals surface area (Å²) in [5, 5.41) is 8.18. The van der Waals surface area contributed by atoms with Gasteiger partial charge in [-0.1, -0.05) is 0 Å². The van der Waals surface area contributed by atoms with Crippen LogP contribution in [-0.4, -0.2) is 34.4 Å². The molecule has 58 valence electrons. The Morgan fingerprint density at radius 3 is 2.40 bits per heavy atom. The third-order valence-corrected chi connectivity index (χ3v) is 1.01. The van der Waals surface area contributed by atoms with E-state index in [1.807, 2.05) is 0 Å². The van der Waals surface area contributed by atoms with Crippen molar-refractivity contribution in [2.24, 2.45) is 4.99 Å². The molecule has 0 spiro atoms. The maximum absolute atomic E-state index is 10.00. The van der Waals surface area contributed by atoms with Crippen LogP contribution >= 0.6 is 12.6 Å². The highest BCUT2D eigenvalue weighted by atomic mass is 32.1. The van der Waals surface area contributed by atoms with E-state index in [0.717, 1.165) is 6.08 Å². The fourth-order valence-electron chi connectivity index (χ4n) is 0.238. The van der Waals surface area contributed by atoms with Crippen molar-refractivity contribution in [3.05, 3.63) is 0 Å². The van der Waals surface area contributed by atoms with Crippen LogP contribution in [0.5, 0.6) is 0 Å². The van der Waals surface area contributed by atoms with Gasteiger partial charge in [0, 0.05) is 5.75 Å². The van der Waals surface area contributed by atoms with Crippen LogP contribution in [0.3, 0.4) is 0 Å². The van der Waals surface area contributed by atoms with Crippen LogP contribution in [0.25, 0.3) is 0 Å². The Bertz CT molecular complexity index is 151. The molecule has 0 rings (SSSR count). The van der Waals surface area contributed by atoms with Crippen LogP contribution in [0.15, 0.2) is 4.99 Å². The van der Waals surface area contributed by atoms with Gasteiger partial charge in [-0.2, -0.15) is 17.6 Å². The lowest BCUT2D eigenvalue weighted by Gasteiger charge is -1.96. The highest BCUT2D eigenvalue weighted by Gasteiger charge is 2.12. The number of rotatable bonds is 3. The molecule has 0 aliphatic carbocycles. The lowest BCUT2D eigenvalue weighted by molar-refractivity contribution is -0.137. The van der Waals surface area contributed by atoms with Crippen molar-refractivity contribution in [1.29, 1.82) is 0 Å². The Morgan fingerprint density at radius 1 is 1.80 bits per heavy atom. The molecule has 0 bridgehead atoms. The number of aliphatic imine (C=N–C) groups is 1. The van der Waals surface area contributed by atoms with Gasteiger partial charge in [-0.3, -0.25) is 0 Å². The first-order valence-electron chi connectivity index (χ1n) is 2.13. The lowest BCUT2D eigenvalue weighted by atomic mass is 10.4. The number of nitrogens with zero attached hydrogens (tertiary/aromatic N) is 1. The van der Waals surface area contributed by atoms with Crippen molar-refractivity contribution in [2.75, 3.05) is 5.75 Å². The molecular weight excluding hydrogens is 158 g/mol. The average molecular weight is 165 g/mol. The molecule has 1 unspecified atom stereocenters. The van der Waals surface area contributed by atoms with Crippen LogP contribution in [0, 0.1) is 0 Å². The predicted molar refractivity (Wildman–Crippen MR) is 37.0 cm³/mol. The summed E-state index contributed by atoms with van der Waals surface area (Å²) < 4.78 is 0. The van der Waals surface area contributed by atoms with E-state index < -0.39 is 12.0 Å². The quantitative estimate of drug-likeness (QED) is 0.315. The fourth-order valence-corrected chi connectivity index (χ4v) is 0.476. The Labute approximate surface area is 62.5 Å². The molecule has 0 amide bonds. The van der Waals surface area contributed by atoms with Gasteiger partial charge in [0.05, 0.1) is 0 Å². The maximum atomic E-state index is 10.00. The summed E-state index contributed by atoms with van der Waals surface area (Å²) >= 11 is 3.64. The lowest BCUT2D eigenvalue weighted by Crippen LogP contribution is -2.18. The highest BCUT2D eigenvalue weighted by molar-refractivity contribution is 7.80. The second kappa shape index (κ2) is 6.28. The summed E-state index contributed by atoms with van der Waals surface area (Å²) in [6, 6.07) is -1.05. The van der Waals surface area contributed by atoms with E-state index in [0.29, 0.717) is 0 Å². The average Bonchev–Trinajstić information content (AvgIpc) is 1.82. The minimum absolute atomic E-state index is 0. The standard InChI is InChI=1S/C4H5NO3S.H2O/c6-2-5-3(1-9)4(7)8;/h3,9H,1H2,(H,7,8);1H2. The molecule has 0 saturated heterocycles. The molecule has 0 heterocycles. The predicted octanol–water partition coefficient (Wildman–Crippen LogP) is -1.12. The molecule has 0 aromatic carbocycles. The van der Waals surface area contributed by atoms with Gasteiger partial charge < -0.3 is 10.6 Å². The summed E-state index contributed by atoms with van der Waals surface area (Å²) in [6.07, 6.45) is 1.15. The molecule has 0 aliphatic heterocycles. The fraction of sp³-hybridized carbons (Fsp3) is 0.500. The number of thiol groups is 1. The molecule has 0 aromatic heterocycles. The topological polar surface area (TPSA) is 98.2 Å². The second-order valence-electron chi connectivity index (χ2n) is 1.26. The number of carboxylic acids is 1. The maximum Gasteiger partial charge on any atom is 0.330 e. The van der Waals surface area contributed by atoms with Crippen LogP contribution in [-0.2, 0) is 9.59 Å². The van der Waals surface area contributed by atoms with E-state index in [9.17, 15) is 9.59 Å². The number of hydrogen-bond donors (Lipinski definition) is 2. The minimum atomic E-state index is -1.16. The number of carbonyl (C=O) groups is 1. The zero-order valence-electron chi connectivity index (χ0n) is 4.94. The van der Waals surface area contributed by atoms with Crippen molar-refractivity contribution in [3.8, 4) is 0 Å². The summed E-state index contributed by atoms with van der Waals surface area (Å²) in [7, 11) is 0. The van der Waals surface area contributed by atoms with E-state index in [4.69, 9.17) is 5.11 Å². The van der Waals surface area contributed by atoms with Crippen molar-refractivity contribution in [3.63, 3.8) is 0 Å². The summed E-state index contributed by atoms with van der Waals surface area (Å²) in [5.41, 5.74) is 0. The number of hydrogen-bond acceptors (Lipinski definition) is 4. The number of carbonyl (C=O) groups excluding carboxylic acids is 1. The van der Waals surface area contributed by atoms with Crippen molar-refractivity contribution in [2.45, 2.75) is 6.04 Å². The molecule has 5 nitrogen and oxygen atoms in total. The Balaban J connectivity index is 0. The monoisotopic (exact) mass is 165 g/mol. The minimum Gasteiger partial charge on any atom is -0.480 e. The summed E-state index contributed by atoms with van der Waals surface area (Å²) in [5.74, 6) is -1.14. The van der Waals surface area contributed by atoms with E-state index >= 15 is 0 Å². The van der Waals surface area contributed by atoms with Gasteiger partial charge in [-0.15, -0.1) is 0 Å². The van der Waals surface area contributed by atoms with Gasteiger partial charge in [0.15, 0.2) is 6.04 Å². The van der Waals surface area contributed by atoms with E-state index in [1.165, 1.54) is 0 Å². The van der Waals surface area contributed by atoms with Crippen molar-refractivity contribution < 1.29 is 20.2 Å². The number of aliphatic carboxylic acids is 1. The van der Waals surface area contributed by atoms with Crippen molar-refractivity contribution in [1.82, 2.24) is 0 Å². The normalized spacial score (nSPS) is 10.5. The van der Waals surface area contributed by atoms with Gasteiger partial charge in [0.2, 0.25) is 6.08 Å². The SMILES string of the molecule is O.O=C=NC(CS)C(=O)O. The molecule has 0 fully saturated rings. The first-order chi connectivity index (χ1) is 4.22. The third-order valence-electron chi connectivity index (χ3n) is 0.667. The molecule has 10 heavy (non-hydrogen) atoms. The van der Waals surface area contributed by atoms with Gasteiger partial charge in [0.1, 0.15) is 0 Å². The highest BCUT2D eigenvalue weighted by Crippen LogP contribution is 1.91. The van der Waals surface area contributed by atoms with Crippen LogP contribution in [0.2, 0.25) is 0 Å². The first kappa shape index (κ1) is 11.9. The molecule has 0 aromatic rings. The smallest absolute Gasteiger partial charge is 0.330 e. The molecule has 1 atom stereocenters. The molecular formula is C4H7NO4S. The van der Waals surface area contributed by atoms with Gasteiger partial charge >= 0.3 is 5.97 Å². The second-order valence-corrected chi connectivity index (χ2v) is 1.62. The number of isocyanates is 1. The Kier molecular flexibility index (Phi) is 7.47. The van der Waals surface area contributed by atoms with E-state index in [1.54, 1.807) is 0 Å². The largest absolute Gasteiger partial charge is 0.480 e. The zero-order chi connectivity index (χ0) is 7.28. The van der Waals surface area contributed by atoms with Crippen LogP contribution in [0.4, 0.5) is 0 Å². The third kappa shape index (κ3) is 4.08. The molecule has 0 aliphatic rings. The van der Waals surface area contributed by atoms with E-state index in [-0.39, 0.29) is 11.2 Å². The molecule has 6 heteroatoms.